The number of nitrogens with two attached hydrogens (primary N) is 1. The fourth-order valence-electron chi connectivity index (χ4n) is 2.41. The third kappa shape index (κ3) is 3.98. The number of nitriles is 1. The number of anilines is 1. The first kappa shape index (κ1) is 15.4. The Kier molecular flexibility index (Phi) is 5.62. The van der Waals surface area contributed by atoms with Crippen molar-refractivity contribution in [3.63, 3.8) is 0 Å². The van der Waals surface area contributed by atoms with Gasteiger partial charge in [0.2, 0.25) is 0 Å². The predicted octanol–water partition coefficient (Wildman–Crippen LogP) is 3.76. The van der Waals surface area contributed by atoms with Gasteiger partial charge in [-0.05, 0) is 29.8 Å². The van der Waals surface area contributed by atoms with Crippen molar-refractivity contribution in [3.8, 4) is 6.07 Å². The lowest BCUT2D eigenvalue weighted by Gasteiger charge is -2.33. The normalized spacial score (nSPS) is 11.7. The highest BCUT2D eigenvalue weighted by Gasteiger charge is 2.19. The summed E-state index contributed by atoms with van der Waals surface area (Å²) in [6, 6.07) is 19.9. The molecule has 1 atom stereocenters. The van der Waals surface area contributed by atoms with E-state index in [0.717, 1.165) is 11.3 Å². The average molecular weight is 300 g/mol. The van der Waals surface area contributed by atoms with Gasteiger partial charge in [0.05, 0.1) is 18.5 Å². The molecule has 0 heterocycles. The number of halogens is 1. The molecule has 2 N–H and O–H groups in total. The van der Waals surface area contributed by atoms with Crippen molar-refractivity contribution in [3.05, 3.63) is 65.2 Å². The molecule has 0 amide bonds. The van der Waals surface area contributed by atoms with Gasteiger partial charge in [-0.25, -0.2) is 0 Å². The molecule has 0 radical (unpaired) electrons. The van der Waals surface area contributed by atoms with Crippen molar-refractivity contribution in [2.24, 2.45) is 5.73 Å². The van der Waals surface area contributed by atoms with Gasteiger partial charge in [0.15, 0.2) is 0 Å². The second kappa shape index (κ2) is 7.68. The van der Waals surface area contributed by atoms with Crippen LogP contribution in [0.4, 0.5) is 5.69 Å². The smallest absolute Gasteiger partial charge is 0.0665 e. The molecule has 2 aromatic carbocycles. The van der Waals surface area contributed by atoms with E-state index in [1.807, 2.05) is 54.6 Å². The summed E-state index contributed by atoms with van der Waals surface area (Å²) in [5.74, 6) is 0. The minimum atomic E-state index is -0.000509. The second-order valence-electron chi connectivity index (χ2n) is 4.74. The number of rotatable bonds is 6. The highest BCUT2D eigenvalue weighted by atomic mass is 35.5. The number of benzene rings is 2. The lowest BCUT2D eigenvalue weighted by atomic mass is 10.0. The molecule has 0 spiro atoms. The Labute approximate surface area is 130 Å². The third-order valence-electron chi connectivity index (χ3n) is 3.39. The zero-order chi connectivity index (χ0) is 15.1. The summed E-state index contributed by atoms with van der Waals surface area (Å²) in [4.78, 5) is 2.16. The molecule has 21 heavy (non-hydrogen) atoms. The largest absolute Gasteiger partial charge is 0.362 e. The predicted molar refractivity (Wildman–Crippen MR) is 87.3 cm³/mol. The second-order valence-corrected chi connectivity index (χ2v) is 5.18. The van der Waals surface area contributed by atoms with Gasteiger partial charge in [-0.15, -0.1) is 0 Å². The molecule has 0 aromatic heterocycles. The lowest BCUT2D eigenvalue weighted by Crippen LogP contribution is -2.34. The van der Waals surface area contributed by atoms with Crippen LogP contribution >= 0.6 is 11.6 Å². The number of hydrogen-bond donors (Lipinski definition) is 1. The molecule has 0 fully saturated rings. The molecule has 1 unspecified atom stereocenters. The monoisotopic (exact) mass is 299 g/mol. The van der Waals surface area contributed by atoms with Crippen LogP contribution in [0.3, 0.4) is 0 Å². The van der Waals surface area contributed by atoms with Crippen LogP contribution in [0.25, 0.3) is 0 Å². The Balaban J connectivity index is 2.35. The molecule has 0 saturated carbocycles. The van der Waals surface area contributed by atoms with Gasteiger partial charge in [-0.1, -0.05) is 41.9 Å². The van der Waals surface area contributed by atoms with E-state index in [1.165, 1.54) is 0 Å². The Morgan fingerprint density at radius 3 is 2.52 bits per heavy atom. The van der Waals surface area contributed by atoms with Gasteiger partial charge >= 0.3 is 0 Å². The number of hydrogen-bond acceptors (Lipinski definition) is 3. The van der Waals surface area contributed by atoms with Gasteiger partial charge in [0, 0.05) is 23.8 Å². The van der Waals surface area contributed by atoms with Crippen molar-refractivity contribution in [1.29, 1.82) is 5.26 Å². The minimum Gasteiger partial charge on any atom is -0.362 e. The summed E-state index contributed by atoms with van der Waals surface area (Å²) < 4.78 is 0. The maximum Gasteiger partial charge on any atom is 0.0665 e. The summed E-state index contributed by atoms with van der Waals surface area (Å²) in [7, 11) is 0. The summed E-state index contributed by atoms with van der Waals surface area (Å²) >= 11 is 6.09. The average Bonchev–Trinajstić information content (AvgIpc) is 2.52. The molecule has 3 nitrogen and oxygen atoms in total. The maximum absolute atomic E-state index is 8.90. The Morgan fingerprint density at radius 2 is 1.90 bits per heavy atom. The van der Waals surface area contributed by atoms with Crippen molar-refractivity contribution >= 4 is 17.3 Å². The molecule has 0 aliphatic rings. The van der Waals surface area contributed by atoms with Crippen LogP contribution in [0.1, 0.15) is 18.0 Å². The number of para-hydroxylation sites is 1. The Hall–Kier alpha value is -2.02. The van der Waals surface area contributed by atoms with E-state index >= 15 is 0 Å². The van der Waals surface area contributed by atoms with Crippen LogP contribution in [0.2, 0.25) is 5.02 Å². The summed E-state index contributed by atoms with van der Waals surface area (Å²) in [5.41, 5.74) is 8.12. The highest BCUT2D eigenvalue weighted by molar-refractivity contribution is 6.30. The first-order valence-corrected chi connectivity index (χ1v) is 7.28. The molecule has 0 bridgehead atoms. The van der Waals surface area contributed by atoms with E-state index in [2.05, 4.69) is 11.0 Å². The SMILES string of the molecule is N#CCCN(c1ccccc1)C(CN)c1cccc(Cl)c1. The minimum absolute atomic E-state index is 0.000509. The van der Waals surface area contributed by atoms with E-state index in [0.29, 0.717) is 24.5 Å². The molecule has 2 aromatic rings. The summed E-state index contributed by atoms with van der Waals surface area (Å²) in [6.07, 6.45) is 0.450. The Bertz CT molecular complexity index is 607. The molecule has 4 heteroatoms. The first-order chi connectivity index (χ1) is 10.3. The Morgan fingerprint density at radius 1 is 1.14 bits per heavy atom. The van der Waals surface area contributed by atoms with Gasteiger partial charge in [0.1, 0.15) is 0 Å². The van der Waals surface area contributed by atoms with Gasteiger partial charge in [-0.3, -0.25) is 0 Å². The molecule has 108 valence electrons. The van der Waals surface area contributed by atoms with Crippen LogP contribution < -0.4 is 10.6 Å². The van der Waals surface area contributed by atoms with Crippen LogP contribution in [0.5, 0.6) is 0 Å². The van der Waals surface area contributed by atoms with E-state index < -0.39 is 0 Å². The molecule has 0 aliphatic heterocycles. The molecule has 0 aliphatic carbocycles. The maximum atomic E-state index is 8.90. The van der Waals surface area contributed by atoms with Gasteiger partial charge in [0.25, 0.3) is 0 Å². The van der Waals surface area contributed by atoms with Gasteiger partial charge in [-0.2, -0.15) is 5.26 Å². The highest BCUT2D eigenvalue weighted by Crippen LogP contribution is 2.28. The standard InChI is InChI=1S/C17H18ClN3/c18-15-7-4-6-14(12-15)17(13-20)21(11-5-10-19)16-8-2-1-3-9-16/h1-4,6-9,12,17H,5,11,13,20H2. The van der Waals surface area contributed by atoms with E-state index in [1.54, 1.807) is 0 Å². The van der Waals surface area contributed by atoms with Crippen molar-refractivity contribution < 1.29 is 0 Å². The lowest BCUT2D eigenvalue weighted by molar-refractivity contribution is 0.631. The van der Waals surface area contributed by atoms with E-state index in [9.17, 15) is 0 Å². The molecular weight excluding hydrogens is 282 g/mol. The van der Waals surface area contributed by atoms with Crippen molar-refractivity contribution in [2.75, 3.05) is 18.0 Å². The molecule has 0 saturated heterocycles. The first-order valence-electron chi connectivity index (χ1n) is 6.90. The van der Waals surface area contributed by atoms with E-state index in [-0.39, 0.29) is 6.04 Å². The summed E-state index contributed by atoms with van der Waals surface area (Å²) in [5, 5.41) is 9.60. The van der Waals surface area contributed by atoms with Gasteiger partial charge < -0.3 is 10.6 Å². The topological polar surface area (TPSA) is 53.0 Å². The van der Waals surface area contributed by atoms with Crippen molar-refractivity contribution in [2.45, 2.75) is 12.5 Å². The van der Waals surface area contributed by atoms with Crippen molar-refractivity contribution in [1.82, 2.24) is 0 Å². The van der Waals surface area contributed by atoms with E-state index in [4.69, 9.17) is 22.6 Å². The number of nitrogens with zero attached hydrogens (tertiary/aromatic N) is 2. The van der Waals surface area contributed by atoms with Crippen LogP contribution in [0.15, 0.2) is 54.6 Å². The summed E-state index contributed by atoms with van der Waals surface area (Å²) in [6.45, 7) is 1.09. The molecule has 2 rings (SSSR count). The third-order valence-corrected chi connectivity index (χ3v) is 3.62. The zero-order valence-electron chi connectivity index (χ0n) is 11.7. The van der Waals surface area contributed by atoms with Crippen LogP contribution in [-0.4, -0.2) is 13.1 Å². The quantitative estimate of drug-likeness (QED) is 0.883. The van der Waals surface area contributed by atoms with Crippen LogP contribution in [-0.2, 0) is 0 Å². The van der Waals surface area contributed by atoms with Crippen LogP contribution in [0, 0.1) is 11.3 Å². The zero-order valence-corrected chi connectivity index (χ0v) is 12.5. The fourth-order valence-corrected chi connectivity index (χ4v) is 2.61. The fraction of sp³-hybridized carbons (Fsp3) is 0.235. The molecular formula is C17H18ClN3.